The van der Waals surface area contributed by atoms with Crippen LogP contribution in [0.2, 0.25) is 0 Å². The molecule has 2 aromatic rings. The highest BCUT2D eigenvalue weighted by Gasteiger charge is 2.36. The first-order valence-electron chi connectivity index (χ1n) is 5.03. The lowest BCUT2D eigenvalue weighted by Gasteiger charge is -2.08. The topological polar surface area (TPSA) is 50.2 Å². The summed E-state index contributed by atoms with van der Waals surface area (Å²) in [6.45, 7) is 2.95. The zero-order chi connectivity index (χ0) is 12.8. The summed E-state index contributed by atoms with van der Waals surface area (Å²) in [7, 11) is 0. The van der Waals surface area contributed by atoms with Crippen LogP contribution >= 0.6 is 0 Å². The zero-order valence-corrected chi connectivity index (χ0v) is 9.22. The molecule has 0 atom stereocenters. The van der Waals surface area contributed by atoms with Gasteiger partial charge < -0.3 is 0 Å². The van der Waals surface area contributed by atoms with E-state index in [-0.39, 0.29) is 5.65 Å². The molecule has 0 saturated heterocycles. The van der Waals surface area contributed by atoms with Crippen LogP contribution < -0.4 is 5.56 Å². The molecule has 0 saturated carbocycles. The Labute approximate surface area is 94.1 Å². The number of aryl methyl sites for hydroxylation is 1. The van der Waals surface area contributed by atoms with E-state index in [1.807, 2.05) is 6.92 Å². The molecule has 7 heteroatoms. The molecule has 0 spiro atoms. The molecule has 0 fully saturated rings. The second kappa shape index (κ2) is 3.61. The highest BCUT2D eigenvalue weighted by atomic mass is 19.4. The average molecular weight is 245 g/mol. The lowest BCUT2D eigenvalue weighted by molar-refractivity contribution is -0.141. The van der Waals surface area contributed by atoms with Gasteiger partial charge in [-0.2, -0.15) is 13.2 Å². The molecule has 2 heterocycles. The first-order chi connectivity index (χ1) is 7.84. The van der Waals surface area contributed by atoms with Gasteiger partial charge in [-0.15, -0.1) is 0 Å². The first kappa shape index (κ1) is 11.7. The molecule has 0 unspecified atom stereocenters. The van der Waals surface area contributed by atoms with E-state index in [2.05, 4.69) is 10.1 Å². The van der Waals surface area contributed by atoms with Gasteiger partial charge in [0.25, 0.3) is 5.56 Å². The van der Waals surface area contributed by atoms with Gasteiger partial charge in [-0.3, -0.25) is 9.89 Å². The van der Waals surface area contributed by atoms with E-state index < -0.39 is 23.0 Å². The van der Waals surface area contributed by atoms with E-state index in [0.29, 0.717) is 12.1 Å². The van der Waals surface area contributed by atoms with Gasteiger partial charge >= 0.3 is 6.18 Å². The van der Waals surface area contributed by atoms with Crippen LogP contribution in [-0.2, 0) is 12.6 Å². The van der Waals surface area contributed by atoms with Crippen molar-refractivity contribution in [2.75, 3.05) is 0 Å². The third-order valence-corrected chi connectivity index (χ3v) is 2.54. The van der Waals surface area contributed by atoms with Crippen molar-refractivity contribution in [3.8, 4) is 0 Å². The summed E-state index contributed by atoms with van der Waals surface area (Å²) in [6, 6.07) is 1.44. The molecule has 2 aromatic heterocycles. The van der Waals surface area contributed by atoms with Crippen molar-refractivity contribution < 1.29 is 13.2 Å². The van der Waals surface area contributed by atoms with Gasteiger partial charge in [0.1, 0.15) is 0 Å². The van der Waals surface area contributed by atoms with Crippen molar-refractivity contribution in [1.29, 1.82) is 0 Å². The Balaban J connectivity index is 2.82. The Kier molecular flexibility index (Phi) is 2.48. The highest BCUT2D eigenvalue weighted by molar-refractivity contribution is 5.42. The highest BCUT2D eigenvalue weighted by Crippen LogP contribution is 2.29. The monoisotopic (exact) mass is 245 g/mol. The average Bonchev–Trinajstić information content (AvgIpc) is 2.65. The smallest absolute Gasteiger partial charge is 0.294 e. The molecule has 17 heavy (non-hydrogen) atoms. The number of H-pyrrole nitrogens is 1. The Morgan fingerprint density at radius 3 is 2.65 bits per heavy atom. The van der Waals surface area contributed by atoms with Crippen molar-refractivity contribution in [1.82, 2.24) is 14.6 Å². The van der Waals surface area contributed by atoms with Gasteiger partial charge in [0.05, 0.1) is 0 Å². The molecule has 0 amide bonds. The van der Waals surface area contributed by atoms with Crippen LogP contribution in [0.3, 0.4) is 0 Å². The Morgan fingerprint density at radius 1 is 1.47 bits per heavy atom. The maximum absolute atomic E-state index is 12.6. The zero-order valence-electron chi connectivity index (χ0n) is 9.22. The quantitative estimate of drug-likeness (QED) is 0.834. The molecule has 0 aliphatic rings. The van der Waals surface area contributed by atoms with Gasteiger partial charge in [0, 0.05) is 17.3 Å². The van der Waals surface area contributed by atoms with Crippen LogP contribution in [0.25, 0.3) is 5.65 Å². The van der Waals surface area contributed by atoms with Crippen LogP contribution in [-0.4, -0.2) is 14.6 Å². The molecular weight excluding hydrogens is 235 g/mol. The maximum atomic E-state index is 12.6. The fraction of sp³-hybridized carbons (Fsp3) is 0.400. The molecule has 0 bridgehead atoms. The molecular formula is C10H10F3N3O. The van der Waals surface area contributed by atoms with Crippen LogP contribution in [0.1, 0.15) is 23.9 Å². The minimum Gasteiger partial charge on any atom is -0.294 e. The van der Waals surface area contributed by atoms with Gasteiger partial charge in [-0.25, -0.2) is 9.50 Å². The number of rotatable bonds is 1. The number of halogens is 3. The summed E-state index contributed by atoms with van der Waals surface area (Å²) in [5.41, 5.74) is -1.59. The third kappa shape index (κ3) is 1.81. The van der Waals surface area contributed by atoms with Crippen LogP contribution in [0.4, 0.5) is 13.2 Å². The SMILES string of the molecule is CCc1cc2nc(C(F)(F)F)c(C)c(=O)n2[nH]1. The minimum atomic E-state index is -4.61. The van der Waals surface area contributed by atoms with E-state index in [1.54, 1.807) is 0 Å². The van der Waals surface area contributed by atoms with Crippen LogP contribution in [0.5, 0.6) is 0 Å². The predicted molar refractivity (Wildman–Crippen MR) is 54.9 cm³/mol. The molecule has 4 nitrogen and oxygen atoms in total. The Bertz CT molecular complexity index is 624. The summed E-state index contributed by atoms with van der Waals surface area (Å²) in [5, 5.41) is 2.71. The molecule has 1 N–H and O–H groups in total. The first-order valence-corrected chi connectivity index (χ1v) is 5.03. The number of alkyl halides is 3. The molecule has 0 aliphatic carbocycles. The van der Waals surface area contributed by atoms with Crippen molar-refractivity contribution in [2.24, 2.45) is 0 Å². The predicted octanol–water partition coefficient (Wildman–Crippen LogP) is 1.91. The normalized spacial score (nSPS) is 12.3. The fourth-order valence-electron chi connectivity index (χ4n) is 1.62. The Morgan fingerprint density at radius 2 is 2.12 bits per heavy atom. The third-order valence-electron chi connectivity index (χ3n) is 2.54. The summed E-state index contributed by atoms with van der Waals surface area (Å²) < 4.78 is 38.9. The fourth-order valence-corrected chi connectivity index (χ4v) is 1.62. The van der Waals surface area contributed by atoms with E-state index in [9.17, 15) is 18.0 Å². The van der Waals surface area contributed by atoms with Gasteiger partial charge in [0.15, 0.2) is 11.3 Å². The number of aromatic amines is 1. The maximum Gasteiger partial charge on any atom is 0.433 e. The largest absolute Gasteiger partial charge is 0.433 e. The number of hydrogen-bond donors (Lipinski definition) is 1. The summed E-state index contributed by atoms with van der Waals surface area (Å²) in [5.74, 6) is 0. The van der Waals surface area contributed by atoms with Gasteiger partial charge in [-0.05, 0) is 13.3 Å². The van der Waals surface area contributed by atoms with Gasteiger partial charge in [0.2, 0.25) is 0 Å². The van der Waals surface area contributed by atoms with Crippen LogP contribution in [0.15, 0.2) is 10.9 Å². The summed E-state index contributed by atoms with van der Waals surface area (Å²) in [4.78, 5) is 15.2. The van der Waals surface area contributed by atoms with E-state index in [1.165, 1.54) is 6.07 Å². The molecule has 92 valence electrons. The van der Waals surface area contributed by atoms with E-state index >= 15 is 0 Å². The minimum absolute atomic E-state index is 0.00947. The standard InChI is InChI=1S/C10H10F3N3O/c1-3-6-4-7-14-8(10(11,12)13)5(2)9(17)16(7)15-6/h4,15H,3H2,1-2H3. The second-order valence-electron chi connectivity index (χ2n) is 3.72. The van der Waals surface area contributed by atoms with E-state index in [4.69, 9.17) is 0 Å². The lowest BCUT2D eigenvalue weighted by Crippen LogP contribution is -2.24. The molecule has 0 radical (unpaired) electrons. The number of fused-ring (bicyclic) bond motifs is 1. The van der Waals surface area contributed by atoms with Crippen molar-refractivity contribution >= 4 is 5.65 Å². The number of nitrogens with one attached hydrogen (secondary N) is 1. The number of nitrogens with zero attached hydrogens (tertiary/aromatic N) is 2. The Hall–Kier alpha value is -1.79. The summed E-state index contributed by atoms with van der Waals surface area (Å²) >= 11 is 0. The molecule has 0 aromatic carbocycles. The second-order valence-corrected chi connectivity index (χ2v) is 3.72. The molecule has 0 aliphatic heterocycles. The van der Waals surface area contributed by atoms with Crippen LogP contribution in [0, 0.1) is 6.92 Å². The number of aromatic nitrogens is 3. The summed E-state index contributed by atoms with van der Waals surface area (Å²) in [6.07, 6.45) is -4.02. The van der Waals surface area contributed by atoms with Crippen molar-refractivity contribution in [3.63, 3.8) is 0 Å². The lowest BCUT2D eigenvalue weighted by atomic mass is 10.2. The molecule has 2 rings (SSSR count). The van der Waals surface area contributed by atoms with Crippen molar-refractivity contribution in [3.05, 3.63) is 33.4 Å². The van der Waals surface area contributed by atoms with Crippen molar-refractivity contribution in [2.45, 2.75) is 26.4 Å². The number of hydrogen-bond acceptors (Lipinski definition) is 2. The van der Waals surface area contributed by atoms with Gasteiger partial charge in [-0.1, -0.05) is 6.92 Å². The van der Waals surface area contributed by atoms with E-state index in [0.717, 1.165) is 11.4 Å².